The van der Waals surface area contributed by atoms with Crippen LogP contribution < -0.4 is 5.32 Å². The van der Waals surface area contributed by atoms with Crippen molar-refractivity contribution in [3.8, 4) is 11.1 Å². The SMILES string of the molecule is CC(Cc1ccsc1)NC(=O)c1ccc2c(c1)C(=O)c1ccccc1-2. The van der Waals surface area contributed by atoms with Crippen molar-refractivity contribution in [2.45, 2.75) is 19.4 Å². The number of benzene rings is 2. The molecule has 1 N–H and O–H groups in total. The molecule has 1 atom stereocenters. The number of thiophene rings is 1. The molecule has 0 spiro atoms. The van der Waals surface area contributed by atoms with E-state index >= 15 is 0 Å². The van der Waals surface area contributed by atoms with Crippen molar-refractivity contribution in [1.29, 1.82) is 0 Å². The van der Waals surface area contributed by atoms with Crippen LogP contribution in [0, 0.1) is 0 Å². The number of carbonyl (C=O) groups is 2. The Morgan fingerprint density at radius 1 is 1.04 bits per heavy atom. The van der Waals surface area contributed by atoms with E-state index in [4.69, 9.17) is 0 Å². The quantitative estimate of drug-likeness (QED) is 0.597. The molecule has 0 radical (unpaired) electrons. The molecule has 1 amide bonds. The van der Waals surface area contributed by atoms with Crippen LogP contribution >= 0.6 is 11.3 Å². The summed E-state index contributed by atoms with van der Waals surface area (Å²) in [6.07, 6.45) is 0.796. The highest BCUT2D eigenvalue weighted by molar-refractivity contribution is 7.07. The number of rotatable bonds is 4. The minimum Gasteiger partial charge on any atom is -0.349 e. The van der Waals surface area contributed by atoms with Crippen LogP contribution in [0.1, 0.15) is 38.8 Å². The van der Waals surface area contributed by atoms with Gasteiger partial charge in [-0.1, -0.05) is 30.3 Å². The number of hydrogen-bond acceptors (Lipinski definition) is 3. The molecule has 4 heteroatoms. The number of ketones is 1. The monoisotopic (exact) mass is 347 g/mol. The Morgan fingerprint density at radius 2 is 1.80 bits per heavy atom. The number of amides is 1. The van der Waals surface area contributed by atoms with Gasteiger partial charge in [0.15, 0.2) is 5.78 Å². The van der Waals surface area contributed by atoms with Crippen molar-refractivity contribution >= 4 is 23.0 Å². The highest BCUT2D eigenvalue weighted by Crippen LogP contribution is 2.36. The van der Waals surface area contributed by atoms with E-state index in [0.29, 0.717) is 16.7 Å². The van der Waals surface area contributed by atoms with Gasteiger partial charge < -0.3 is 5.32 Å². The fraction of sp³-hybridized carbons (Fsp3) is 0.143. The molecule has 4 rings (SSSR count). The van der Waals surface area contributed by atoms with Gasteiger partial charge in [0.25, 0.3) is 5.91 Å². The molecule has 1 heterocycles. The average Bonchev–Trinajstić information content (AvgIpc) is 3.22. The zero-order valence-electron chi connectivity index (χ0n) is 13.8. The van der Waals surface area contributed by atoms with Crippen LogP contribution in [0.3, 0.4) is 0 Å². The summed E-state index contributed by atoms with van der Waals surface area (Å²) in [5.41, 5.74) is 4.92. The van der Waals surface area contributed by atoms with Crippen LogP contribution in [0.2, 0.25) is 0 Å². The molecular formula is C21H17NO2S. The molecule has 0 saturated carbocycles. The largest absolute Gasteiger partial charge is 0.349 e. The molecule has 1 aliphatic carbocycles. The van der Waals surface area contributed by atoms with Crippen LogP contribution in [-0.4, -0.2) is 17.7 Å². The van der Waals surface area contributed by atoms with Crippen LogP contribution in [0.5, 0.6) is 0 Å². The lowest BCUT2D eigenvalue weighted by Gasteiger charge is -2.13. The molecule has 3 nitrogen and oxygen atoms in total. The predicted octanol–water partition coefficient (Wildman–Crippen LogP) is 4.32. The molecule has 1 aromatic heterocycles. The first-order valence-electron chi connectivity index (χ1n) is 8.23. The topological polar surface area (TPSA) is 46.2 Å². The second-order valence-corrected chi connectivity index (χ2v) is 7.13. The maximum Gasteiger partial charge on any atom is 0.251 e. The van der Waals surface area contributed by atoms with Gasteiger partial charge in [-0.2, -0.15) is 11.3 Å². The normalized spacial score (nSPS) is 13.2. The van der Waals surface area contributed by atoms with Gasteiger partial charge in [0.05, 0.1) is 0 Å². The molecule has 0 aliphatic heterocycles. The third-order valence-electron chi connectivity index (χ3n) is 4.49. The smallest absolute Gasteiger partial charge is 0.251 e. The van der Waals surface area contributed by atoms with Crippen molar-refractivity contribution < 1.29 is 9.59 Å². The van der Waals surface area contributed by atoms with Crippen molar-refractivity contribution in [3.63, 3.8) is 0 Å². The maximum absolute atomic E-state index is 12.6. The fourth-order valence-corrected chi connectivity index (χ4v) is 3.97. The summed E-state index contributed by atoms with van der Waals surface area (Å²) >= 11 is 1.65. The summed E-state index contributed by atoms with van der Waals surface area (Å²) in [6, 6.07) is 15.0. The van der Waals surface area contributed by atoms with Gasteiger partial charge >= 0.3 is 0 Å². The zero-order chi connectivity index (χ0) is 17.4. The third-order valence-corrected chi connectivity index (χ3v) is 5.22. The summed E-state index contributed by atoms with van der Waals surface area (Å²) < 4.78 is 0. The molecule has 0 saturated heterocycles. The van der Waals surface area contributed by atoms with E-state index in [1.807, 2.05) is 42.6 Å². The molecular weight excluding hydrogens is 330 g/mol. The fourth-order valence-electron chi connectivity index (χ4n) is 3.29. The van der Waals surface area contributed by atoms with Gasteiger partial charge in [-0.25, -0.2) is 0 Å². The van der Waals surface area contributed by atoms with Gasteiger partial charge in [-0.15, -0.1) is 0 Å². The Bertz CT molecular complexity index is 960. The zero-order valence-corrected chi connectivity index (χ0v) is 14.6. The van der Waals surface area contributed by atoms with E-state index in [1.54, 1.807) is 23.5 Å². The standard InChI is InChI=1S/C21H17NO2S/c1-13(10-14-8-9-25-12-14)22-21(24)15-6-7-17-16-4-2-3-5-18(16)20(23)19(17)11-15/h2-9,11-13H,10H2,1H3,(H,22,24). The Balaban J connectivity index is 1.54. The summed E-state index contributed by atoms with van der Waals surface area (Å²) in [6.45, 7) is 1.99. The lowest BCUT2D eigenvalue weighted by molar-refractivity contribution is 0.0940. The van der Waals surface area contributed by atoms with Crippen LogP contribution in [0.4, 0.5) is 0 Å². The highest BCUT2D eigenvalue weighted by Gasteiger charge is 2.27. The molecule has 0 fully saturated rings. The number of fused-ring (bicyclic) bond motifs is 3. The summed E-state index contributed by atoms with van der Waals surface area (Å²) in [4.78, 5) is 25.1. The summed E-state index contributed by atoms with van der Waals surface area (Å²) in [7, 11) is 0. The lowest BCUT2D eigenvalue weighted by Crippen LogP contribution is -2.34. The predicted molar refractivity (Wildman–Crippen MR) is 100 cm³/mol. The number of carbonyl (C=O) groups excluding carboxylic acids is 2. The Labute approximate surface area is 150 Å². The lowest BCUT2D eigenvalue weighted by atomic mass is 10.0. The number of nitrogens with one attached hydrogen (secondary N) is 1. The van der Waals surface area contributed by atoms with Gasteiger partial charge in [-0.05, 0) is 59.0 Å². The molecule has 2 aromatic carbocycles. The molecule has 1 unspecified atom stereocenters. The molecule has 25 heavy (non-hydrogen) atoms. The van der Waals surface area contributed by atoms with E-state index in [0.717, 1.165) is 17.5 Å². The molecule has 124 valence electrons. The van der Waals surface area contributed by atoms with Gasteiger partial charge in [-0.3, -0.25) is 9.59 Å². The van der Waals surface area contributed by atoms with Gasteiger partial charge in [0.2, 0.25) is 0 Å². The van der Waals surface area contributed by atoms with Crippen LogP contribution in [-0.2, 0) is 6.42 Å². The molecule has 0 bridgehead atoms. The second-order valence-electron chi connectivity index (χ2n) is 6.35. The first-order valence-corrected chi connectivity index (χ1v) is 9.18. The van der Waals surface area contributed by atoms with E-state index < -0.39 is 0 Å². The minimum atomic E-state index is -0.144. The van der Waals surface area contributed by atoms with Crippen molar-refractivity contribution in [3.05, 3.63) is 81.5 Å². The maximum atomic E-state index is 12.6. The van der Waals surface area contributed by atoms with Crippen molar-refractivity contribution in [2.24, 2.45) is 0 Å². The first kappa shape index (κ1) is 15.8. The van der Waals surface area contributed by atoms with Crippen LogP contribution in [0.15, 0.2) is 59.3 Å². The van der Waals surface area contributed by atoms with Gasteiger partial charge in [0, 0.05) is 22.7 Å². The van der Waals surface area contributed by atoms with Crippen molar-refractivity contribution in [2.75, 3.05) is 0 Å². The highest BCUT2D eigenvalue weighted by atomic mass is 32.1. The minimum absolute atomic E-state index is 0.00780. The molecule has 1 aliphatic rings. The average molecular weight is 347 g/mol. The molecule has 3 aromatic rings. The van der Waals surface area contributed by atoms with E-state index in [2.05, 4.69) is 16.8 Å². The summed E-state index contributed by atoms with van der Waals surface area (Å²) in [5, 5.41) is 7.14. The third kappa shape index (κ3) is 2.89. The van der Waals surface area contributed by atoms with E-state index in [-0.39, 0.29) is 17.7 Å². The van der Waals surface area contributed by atoms with Gasteiger partial charge in [0.1, 0.15) is 0 Å². The number of hydrogen-bond donors (Lipinski definition) is 1. The second kappa shape index (κ2) is 6.30. The first-order chi connectivity index (χ1) is 12.1. The van der Waals surface area contributed by atoms with Crippen LogP contribution in [0.25, 0.3) is 11.1 Å². The summed E-state index contributed by atoms with van der Waals surface area (Å²) in [5.74, 6) is -0.152. The van der Waals surface area contributed by atoms with Crippen molar-refractivity contribution in [1.82, 2.24) is 5.32 Å². The van der Waals surface area contributed by atoms with E-state index in [1.165, 1.54) is 5.56 Å². The Kier molecular flexibility index (Phi) is 3.98. The van der Waals surface area contributed by atoms with E-state index in [9.17, 15) is 9.59 Å². The Hall–Kier alpha value is -2.72. The Morgan fingerprint density at radius 3 is 2.56 bits per heavy atom.